The number of likely N-dealkylation sites (N-methyl/N-ethyl adjacent to an activating group) is 1. The first-order valence-electron chi connectivity index (χ1n) is 11.1. The fourth-order valence-electron chi connectivity index (χ4n) is 4.46. The molecule has 0 aliphatic carbocycles. The van der Waals surface area contributed by atoms with Gasteiger partial charge in [0.05, 0.1) is 39.8 Å². The van der Waals surface area contributed by atoms with E-state index in [2.05, 4.69) is 0 Å². The van der Waals surface area contributed by atoms with Crippen LogP contribution in [0.2, 0.25) is 5.02 Å². The highest BCUT2D eigenvalue weighted by Crippen LogP contribution is 2.42. The summed E-state index contributed by atoms with van der Waals surface area (Å²) in [6.07, 6.45) is -3.99. The molecule has 1 aliphatic rings. The van der Waals surface area contributed by atoms with E-state index >= 15 is 0 Å². The smallest absolute Gasteiger partial charge is 0.417 e. The van der Waals surface area contributed by atoms with E-state index in [0.29, 0.717) is 22.4 Å². The number of nitrogens with zero attached hydrogens (tertiary/aromatic N) is 3. The van der Waals surface area contributed by atoms with Crippen LogP contribution in [0.15, 0.2) is 52.2 Å². The number of anilines is 1. The monoisotopic (exact) mass is 534 g/mol. The van der Waals surface area contributed by atoms with Gasteiger partial charge >= 0.3 is 11.9 Å². The number of carboxylic acids is 1. The predicted molar refractivity (Wildman–Crippen MR) is 127 cm³/mol. The van der Waals surface area contributed by atoms with E-state index in [9.17, 15) is 37.5 Å². The average Bonchev–Trinajstić information content (AvgIpc) is 3.01. The third-order valence-corrected chi connectivity index (χ3v) is 6.87. The number of aromatic carboxylic acids is 1. The highest BCUT2D eigenvalue weighted by Gasteiger charge is 2.43. The van der Waals surface area contributed by atoms with Gasteiger partial charge in [0.15, 0.2) is 0 Å². The minimum Gasteiger partial charge on any atom is -0.545 e. The number of hydrogen-bond donors (Lipinski definition) is 0. The van der Waals surface area contributed by atoms with Crippen LogP contribution >= 0.6 is 11.6 Å². The van der Waals surface area contributed by atoms with Gasteiger partial charge in [0, 0.05) is 18.4 Å². The number of hydrogen-bond acceptors (Lipinski definition) is 5. The maximum Gasteiger partial charge on any atom is 0.417 e. The fourth-order valence-corrected chi connectivity index (χ4v) is 4.75. The molecular formula is C25H20ClF3N3O5-. The van der Waals surface area contributed by atoms with Crippen molar-refractivity contribution in [3.05, 3.63) is 90.7 Å². The predicted octanol–water partition coefficient (Wildman–Crippen LogP) is 2.73. The number of carbonyl (C=O) groups excluding carboxylic acids is 2. The Labute approximate surface area is 213 Å². The number of alkyl halides is 3. The number of rotatable bonds is 5. The van der Waals surface area contributed by atoms with Gasteiger partial charge in [0.1, 0.15) is 0 Å². The van der Waals surface area contributed by atoms with E-state index in [1.54, 1.807) is 26.8 Å². The van der Waals surface area contributed by atoms with Gasteiger partial charge in [0.25, 0.3) is 5.56 Å². The van der Waals surface area contributed by atoms with Crippen molar-refractivity contribution in [2.24, 2.45) is 0 Å². The zero-order valence-corrected chi connectivity index (χ0v) is 20.6. The Hall–Kier alpha value is -3.86. The lowest BCUT2D eigenvalue weighted by Gasteiger charge is -2.18. The largest absolute Gasteiger partial charge is 0.545 e. The van der Waals surface area contributed by atoms with Gasteiger partial charge < -0.3 is 14.8 Å². The van der Waals surface area contributed by atoms with Crippen molar-refractivity contribution in [2.45, 2.75) is 38.9 Å². The van der Waals surface area contributed by atoms with Crippen LogP contribution in [0.25, 0.3) is 5.69 Å². The Balaban J connectivity index is 1.92. The number of carbonyl (C=O) groups is 2. The average molecular weight is 535 g/mol. The van der Waals surface area contributed by atoms with Gasteiger partial charge in [-0.05, 0) is 50.1 Å². The lowest BCUT2D eigenvalue weighted by atomic mass is 9.86. The Morgan fingerprint density at radius 1 is 1.11 bits per heavy atom. The van der Waals surface area contributed by atoms with E-state index < -0.39 is 51.5 Å². The van der Waals surface area contributed by atoms with Crippen LogP contribution in [-0.2, 0) is 22.9 Å². The Morgan fingerprint density at radius 2 is 1.78 bits per heavy atom. The Bertz CT molecular complexity index is 1570. The van der Waals surface area contributed by atoms with E-state index in [1.807, 2.05) is 0 Å². The lowest BCUT2D eigenvalue weighted by molar-refractivity contribution is -0.255. The van der Waals surface area contributed by atoms with Crippen molar-refractivity contribution >= 4 is 29.2 Å². The van der Waals surface area contributed by atoms with Gasteiger partial charge in [-0.3, -0.25) is 18.7 Å². The van der Waals surface area contributed by atoms with Crippen molar-refractivity contribution in [1.82, 2.24) is 9.13 Å². The molecule has 0 unspecified atom stereocenters. The number of aromatic nitrogens is 2. The molecule has 0 bridgehead atoms. The molecule has 194 valence electrons. The third-order valence-electron chi connectivity index (χ3n) is 6.42. The SMILES string of the molecule is CCN1C(=O)C(C)(C)c2ccc(-n3cc(C(=O)[O-])c(=O)n(Cc4cccc(C(F)(F)F)c4Cl)c3=O)cc21. The molecule has 37 heavy (non-hydrogen) atoms. The van der Waals surface area contributed by atoms with E-state index in [-0.39, 0.29) is 17.2 Å². The van der Waals surface area contributed by atoms with Crippen molar-refractivity contribution in [3.63, 3.8) is 0 Å². The van der Waals surface area contributed by atoms with Crippen LogP contribution in [0.4, 0.5) is 18.9 Å². The highest BCUT2D eigenvalue weighted by molar-refractivity contribution is 6.32. The molecule has 2 aromatic carbocycles. The fraction of sp³-hybridized carbons (Fsp3) is 0.280. The van der Waals surface area contributed by atoms with Crippen molar-refractivity contribution in [1.29, 1.82) is 0 Å². The molecule has 12 heteroatoms. The second-order valence-corrected chi connectivity index (χ2v) is 9.40. The standard InChI is InChI=1S/C25H21ClF3N3O5/c1-4-30-18-10-14(8-9-16(18)24(2,3)22(30)36)31-12-15(21(34)35)20(33)32(23(31)37)11-13-6-5-7-17(19(13)26)25(27,28)29/h5-10,12H,4,11H2,1-3H3,(H,34,35)/p-1. The van der Waals surface area contributed by atoms with Gasteiger partial charge in [-0.15, -0.1) is 0 Å². The zero-order valence-electron chi connectivity index (χ0n) is 19.9. The van der Waals surface area contributed by atoms with Crippen LogP contribution in [-0.4, -0.2) is 27.6 Å². The molecule has 3 aromatic rings. The summed E-state index contributed by atoms with van der Waals surface area (Å²) >= 11 is 5.93. The third kappa shape index (κ3) is 4.22. The van der Waals surface area contributed by atoms with E-state index in [0.717, 1.165) is 22.9 Å². The minimum atomic E-state index is -4.79. The Morgan fingerprint density at radius 3 is 2.38 bits per heavy atom. The number of halogens is 4. The molecule has 0 saturated heterocycles. The number of benzene rings is 2. The summed E-state index contributed by atoms with van der Waals surface area (Å²) in [6.45, 7) is 4.89. The van der Waals surface area contributed by atoms with Crippen LogP contribution in [0.3, 0.4) is 0 Å². The van der Waals surface area contributed by atoms with Crippen molar-refractivity contribution in [3.8, 4) is 5.69 Å². The summed E-state index contributed by atoms with van der Waals surface area (Å²) in [7, 11) is 0. The number of carboxylic acid groups (broad SMARTS) is 1. The molecule has 0 N–H and O–H groups in total. The van der Waals surface area contributed by atoms with Crippen LogP contribution in [0.5, 0.6) is 0 Å². The molecule has 0 spiro atoms. The lowest BCUT2D eigenvalue weighted by Crippen LogP contribution is -2.44. The first-order chi connectivity index (χ1) is 17.2. The molecule has 1 aliphatic heterocycles. The summed E-state index contributed by atoms with van der Waals surface area (Å²) < 4.78 is 41.3. The zero-order chi connectivity index (χ0) is 27.4. The van der Waals surface area contributed by atoms with E-state index in [4.69, 9.17) is 11.6 Å². The molecule has 0 fully saturated rings. The van der Waals surface area contributed by atoms with Crippen molar-refractivity contribution < 1.29 is 27.9 Å². The molecule has 8 nitrogen and oxygen atoms in total. The van der Waals surface area contributed by atoms with Crippen molar-refractivity contribution in [2.75, 3.05) is 11.4 Å². The quantitative estimate of drug-likeness (QED) is 0.500. The second-order valence-electron chi connectivity index (χ2n) is 9.03. The first kappa shape index (κ1) is 26.2. The molecule has 1 aromatic heterocycles. The van der Waals surface area contributed by atoms with Crippen LogP contribution < -0.4 is 21.3 Å². The van der Waals surface area contributed by atoms with Gasteiger partial charge in [0.2, 0.25) is 5.91 Å². The maximum absolute atomic E-state index is 13.4. The molecule has 4 rings (SSSR count). The van der Waals surface area contributed by atoms with Crippen LogP contribution in [0, 0.1) is 0 Å². The molecule has 0 atom stereocenters. The molecule has 0 saturated carbocycles. The summed E-state index contributed by atoms with van der Waals surface area (Å²) in [5.74, 6) is -2.04. The van der Waals surface area contributed by atoms with Gasteiger partial charge in [-0.25, -0.2) is 4.79 Å². The Kier molecular flexibility index (Phi) is 6.31. The summed E-state index contributed by atoms with van der Waals surface area (Å²) in [4.78, 5) is 52.3. The van der Waals surface area contributed by atoms with E-state index in [1.165, 1.54) is 23.1 Å². The topological polar surface area (TPSA) is 104 Å². The highest BCUT2D eigenvalue weighted by atomic mass is 35.5. The minimum absolute atomic E-state index is 0.138. The van der Waals surface area contributed by atoms with Gasteiger partial charge in [-0.1, -0.05) is 29.8 Å². The number of amides is 1. The summed E-state index contributed by atoms with van der Waals surface area (Å²) in [6, 6.07) is 7.63. The second kappa shape index (κ2) is 8.91. The molecule has 0 radical (unpaired) electrons. The molecule has 1 amide bonds. The summed E-state index contributed by atoms with van der Waals surface area (Å²) in [5.41, 5.74) is -4.03. The number of fused-ring (bicyclic) bond motifs is 1. The molecule has 2 heterocycles. The maximum atomic E-state index is 13.4. The molecular weight excluding hydrogens is 515 g/mol. The summed E-state index contributed by atoms with van der Waals surface area (Å²) in [5, 5.41) is 11.0. The van der Waals surface area contributed by atoms with Crippen LogP contribution in [0.1, 0.15) is 47.8 Å². The normalized spacial score (nSPS) is 14.7. The first-order valence-corrected chi connectivity index (χ1v) is 11.5. The van der Waals surface area contributed by atoms with Gasteiger partial charge in [-0.2, -0.15) is 13.2 Å².